The monoisotopic (exact) mass is 289 g/mol. The van der Waals surface area contributed by atoms with Crippen molar-refractivity contribution in [3.05, 3.63) is 23.5 Å². The van der Waals surface area contributed by atoms with Crippen molar-refractivity contribution >= 4 is 21.6 Å². The molecule has 1 rings (SSSR count). The molecule has 0 saturated carbocycles. The summed E-state index contributed by atoms with van der Waals surface area (Å²) < 4.78 is 40.0. The van der Waals surface area contributed by atoms with Crippen LogP contribution in [0.4, 0.5) is 10.1 Å². The molecular formula is C11H16FN3O3S. The summed E-state index contributed by atoms with van der Waals surface area (Å²) in [4.78, 5) is 10.2. The van der Waals surface area contributed by atoms with Crippen LogP contribution in [-0.2, 0) is 14.8 Å². The molecule has 1 aromatic rings. The molecule has 1 amide bonds. The molecule has 5 N–H and O–H groups in total. The largest absolute Gasteiger partial charge is 0.399 e. The first kappa shape index (κ1) is 15.4. The maximum atomic E-state index is 13.8. The average Bonchev–Trinajstić information content (AvgIpc) is 2.20. The standard InChI is InChI=1S/C11H16FN3O3S/c1-6-3-8(13)5-9(11(6)12)19(17,18)15-7(2)4-10(14)16/h3,5,7,15H,4,13H2,1-2H3,(H2,14,16). The van der Waals surface area contributed by atoms with E-state index in [1.165, 1.54) is 19.9 Å². The second-order valence-corrected chi connectivity index (χ2v) is 6.03. The summed E-state index contributed by atoms with van der Waals surface area (Å²) >= 11 is 0. The van der Waals surface area contributed by atoms with Crippen LogP contribution >= 0.6 is 0 Å². The Morgan fingerprint density at radius 1 is 1.47 bits per heavy atom. The van der Waals surface area contributed by atoms with Crippen LogP contribution in [0, 0.1) is 12.7 Å². The Hall–Kier alpha value is -1.67. The lowest BCUT2D eigenvalue weighted by molar-refractivity contribution is -0.118. The molecule has 6 nitrogen and oxygen atoms in total. The molecule has 0 spiro atoms. The molecule has 8 heteroatoms. The molecule has 0 aromatic heterocycles. The number of nitrogens with two attached hydrogens (primary N) is 2. The van der Waals surface area contributed by atoms with Gasteiger partial charge in [-0.3, -0.25) is 4.79 Å². The number of primary amides is 1. The van der Waals surface area contributed by atoms with E-state index in [2.05, 4.69) is 4.72 Å². The summed E-state index contributed by atoms with van der Waals surface area (Å²) in [6.07, 6.45) is -0.178. The zero-order valence-corrected chi connectivity index (χ0v) is 11.4. The highest BCUT2D eigenvalue weighted by atomic mass is 32.2. The SMILES string of the molecule is Cc1cc(N)cc(S(=O)(=O)NC(C)CC(N)=O)c1F. The molecule has 1 unspecified atom stereocenters. The van der Waals surface area contributed by atoms with Crippen LogP contribution in [0.15, 0.2) is 17.0 Å². The molecule has 0 saturated heterocycles. The molecule has 0 bridgehead atoms. The van der Waals surface area contributed by atoms with Crippen molar-refractivity contribution in [3.8, 4) is 0 Å². The summed E-state index contributed by atoms with van der Waals surface area (Å²) in [7, 11) is -4.09. The molecule has 1 aromatic carbocycles. The van der Waals surface area contributed by atoms with Gasteiger partial charge >= 0.3 is 0 Å². The lowest BCUT2D eigenvalue weighted by atomic mass is 10.2. The number of hydrogen-bond donors (Lipinski definition) is 3. The smallest absolute Gasteiger partial charge is 0.243 e. The fourth-order valence-electron chi connectivity index (χ4n) is 1.63. The Balaban J connectivity index is 3.11. The maximum absolute atomic E-state index is 13.8. The highest BCUT2D eigenvalue weighted by molar-refractivity contribution is 7.89. The summed E-state index contributed by atoms with van der Waals surface area (Å²) in [5, 5.41) is 0. The zero-order valence-electron chi connectivity index (χ0n) is 10.6. The average molecular weight is 289 g/mol. The maximum Gasteiger partial charge on any atom is 0.243 e. The number of halogens is 1. The molecule has 1 atom stereocenters. The van der Waals surface area contributed by atoms with Crippen molar-refractivity contribution < 1.29 is 17.6 Å². The third-order valence-electron chi connectivity index (χ3n) is 2.40. The van der Waals surface area contributed by atoms with E-state index < -0.39 is 32.7 Å². The van der Waals surface area contributed by atoms with Gasteiger partial charge in [-0.15, -0.1) is 0 Å². The minimum Gasteiger partial charge on any atom is -0.399 e. The topological polar surface area (TPSA) is 115 Å². The van der Waals surface area contributed by atoms with E-state index in [1.807, 2.05) is 0 Å². The first-order chi connectivity index (χ1) is 8.63. The van der Waals surface area contributed by atoms with E-state index in [4.69, 9.17) is 11.5 Å². The van der Waals surface area contributed by atoms with Crippen LogP contribution in [0.5, 0.6) is 0 Å². The van der Waals surface area contributed by atoms with Gasteiger partial charge in [-0.2, -0.15) is 0 Å². The predicted octanol–water partition coefficient (Wildman–Crippen LogP) is 0.259. The predicted molar refractivity (Wildman–Crippen MR) is 69.1 cm³/mol. The number of sulfonamides is 1. The number of hydrogen-bond acceptors (Lipinski definition) is 4. The van der Waals surface area contributed by atoms with Crippen molar-refractivity contribution in [2.75, 3.05) is 5.73 Å². The quantitative estimate of drug-likeness (QED) is 0.674. The number of rotatable bonds is 5. The van der Waals surface area contributed by atoms with Crippen molar-refractivity contribution in [2.45, 2.75) is 31.2 Å². The molecule has 0 heterocycles. The second kappa shape index (κ2) is 5.54. The van der Waals surface area contributed by atoms with Crippen LogP contribution in [0.25, 0.3) is 0 Å². The van der Waals surface area contributed by atoms with Crippen molar-refractivity contribution in [1.82, 2.24) is 4.72 Å². The van der Waals surface area contributed by atoms with Crippen LogP contribution in [0.3, 0.4) is 0 Å². The third-order valence-corrected chi connectivity index (χ3v) is 3.99. The normalized spacial score (nSPS) is 13.2. The molecule has 0 aliphatic rings. The number of nitrogen functional groups attached to an aromatic ring is 1. The van der Waals surface area contributed by atoms with Crippen LogP contribution in [0.2, 0.25) is 0 Å². The third kappa shape index (κ3) is 3.90. The Bertz CT molecular complexity index is 601. The molecule has 0 aliphatic heterocycles. The van der Waals surface area contributed by atoms with Crippen molar-refractivity contribution in [1.29, 1.82) is 0 Å². The highest BCUT2D eigenvalue weighted by Crippen LogP contribution is 2.21. The van der Waals surface area contributed by atoms with Crippen molar-refractivity contribution in [3.63, 3.8) is 0 Å². The summed E-state index contributed by atoms with van der Waals surface area (Å²) in [6.45, 7) is 2.87. The van der Waals surface area contributed by atoms with Crippen LogP contribution in [0.1, 0.15) is 18.9 Å². The van der Waals surface area contributed by atoms with E-state index in [1.54, 1.807) is 0 Å². The van der Waals surface area contributed by atoms with E-state index in [0.29, 0.717) is 0 Å². The van der Waals surface area contributed by atoms with Gasteiger partial charge in [0.15, 0.2) is 0 Å². The molecule has 0 aliphatic carbocycles. The minimum atomic E-state index is -4.09. The Labute approximate surface area is 111 Å². The highest BCUT2D eigenvalue weighted by Gasteiger charge is 2.23. The van der Waals surface area contributed by atoms with E-state index in [-0.39, 0.29) is 17.7 Å². The number of benzene rings is 1. The number of nitrogens with one attached hydrogen (secondary N) is 1. The number of carbonyl (C=O) groups excluding carboxylic acids is 1. The second-order valence-electron chi connectivity index (χ2n) is 4.34. The van der Waals surface area contributed by atoms with Crippen LogP contribution < -0.4 is 16.2 Å². The van der Waals surface area contributed by atoms with Crippen LogP contribution in [-0.4, -0.2) is 20.4 Å². The number of aryl methyl sites for hydroxylation is 1. The molecule has 0 fully saturated rings. The first-order valence-corrected chi connectivity index (χ1v) is 6.98. The lowest BCUT2D eigenvalue weighted by Gasteiger charge is -2.14. The summed E-state index contributed by atoms with van der Waals surface area (Å²) in [5.74, 6) is -1.52. The molecule has 0 radical (unpaired) electrons. The van der Waals surface area contributed by atoms with Gasteiger partial charge < -0.3 is 11.5 Å². The van der Waals surface area contributed by atoms with Gasteiger partial charge in [-0.1, -0.05) is 0 Å². The zero-order chi connectivity index (χ0) is 14.8. The molecule has 106 valence electrons. The Kier molecular flexibility index (Phi) is 4.48. The van der Waals surface area contributed by atoms with E-state index in [9.17, 15) is 17.6 Å². The van der Waals surface area contributed by atoms with E-state index >= 15 is 0 Å². The molecular weight excluding hydrogens is 273 g/mol. The minimum absolute atomic E-state index is 0.128. The van der Waals surface area contributed by atoms with Gasteiger partial charge in [0.2, 0.25) is 15.9 Å². The first-order valence-electron chi connectivity index (χ1n) is 5.49. The number of carbonyl (C=O) groups is 1. The van der Waals surface area contributed by atoms with Gasteiger partial charge in [-0.25, -0.2) is 17.5 Å². The van der Waals surface area contributed by atoms with Gasteiger partial charge in [0, 0.05) is 18.2 Å². The Morgan fingerprint density at radius 3 is 2.58 bits per heavy atom. The number of anilines is 1. The summed E-state index contributed by atoms with van der Waals surface area (Å²) in [6, 6.07) is 1.63. The fraction of sp³-hybridized carbons (Fsp3) is 0.364. The van der Waals surface area contributed by atoms with E-state index in [0.717, 1.165) is 6.07 Å². The fourth-order valence-corrected chi connectivity index (χ4v) is 3.06. The number of amides is 1. The van der Waals surface area contributed by atoms with Gasteiger partial charge in [0.1, 0.15) is 10.7 Å². The van der Waals surface area contributed by atoms with Gasteiger partial charge in [0.25, 0.3) is 0 Å². The molecule has 19 heavy (non-hydrogen) atoms. The Morgan fingerprint density at radius 2 is 2.05 bits per heavy atom. The lowest BCUT2D eigenvalue weighted by Crippen LogP contribution is -2.36. The summed E-state index contributed by atoms with van der Waals surface area (Å²) in [5.41, 5.74) is 10.7. The van der Waals surface area contributed by atoms with Gasteiger partial charge in [-0.05, 0) is 31.5 Å². The van der Waals surface area contributed by atoms with Crippen molar-refractivity contribution in [2.24, 2.45) is 5.73 Å². The van der Waals surface area contributed by atoms with Gasteiger partial charge in [0.05, 0.1) is 0 Å².